The van der Waals surface area contributed by atoms with Crippen LogP contribution in [-0.4, -0.2) is 42.1 Å². The van der Waals surface area contributed by atoms with Gasteiger partial charge in [0.05, 0.1) is 18.4 Å². The van der Waals surface area contributed by atoms with E-state index in [4.69, 9.17) is 14.3 Å². The van der Waals surface area contributed by atoms with Gasteiger partial charge in [0.2, 0.25) is 0 Å². The Hall–Kier alpha value is -2.83. The van der Waals surface area contributed by atoms with E-state index in [9.17, 15) is 14.0 Å². The second-order valence-corrected chi connectivity index (χ2v) is 5.29. The Kier molecular flexibility index (Phi) is 5.57. The van der Waals surface area contributed by atoms with Gasteiger partial charge in [-0.3, -0.25) is 9.59 Å². The highest BCUT2D eigenvalue weighted by molar-refractivity contribution is 5.97. The maximum Gasteiger partial charge on any atom is 0.311 e. The number of aliphatic carboxylic acids is 1. The number of benzene rings is 1. The third kappa shape index (κ3) is 4.13. The third-order valence-corrected chi connectivity index (χ3v) is 3.44. The maximum absolute atomic E-state index is 13.4. The molecule has 1 heterocycles. The molecule has 0 atom stereocenters. The number of para-hydroxylation sites is 1. The topological polar surface area (TPSA) is 80.0 Å². The zero-order valence-corrected chi connectivity index (χ0v) is 13.4. The Morgan fingerprint density at radius 1 is 1.33 bits per heavy atom. The van der Waals surface area contributed by atoms with E-state index in [2.05, 4.69) is 0 Å². The SMILES string of the molecule is Cc1coc(CC(=O)O)c1C(=O)N(C)CCOc1ccccc1F. The molecule has 6 nitrogen and oxygen atoms in total. The molecule has 0 saturated heterocycles. The zero-order valence-electron chi connectivity index (χ0n) is 13.4. The predicted octanol–water partition coefficient (Wildman–Crippen LogP) is 2.51. The molecule has 2 rings (SSSR count). The minimum atomic E-state index is -1.08. The fourth-order valence-electron chi connectivity index (χ4n) is 2.20. The van der Waals surface area contributed by atoms with Gasteiger partial charge in [-0.05, 0) is 19.1 Å². The van der Waals surface area contributed by atoms with E-state index in [1.807, 2.05) is 0 Å². The molecule has 1 amide bonds. The fourth-order valence-corrected chi connectivity index (χ4v) is 2.20. The number of hydrogen-bond donors (Lipinski definition) is 1. The number of likely N-dealkylation sites (N-methyl/N-ethyl adjacent to an activating group) is 1. The van der Waals surface area contributed by atoms with Gasteiger partial charge in [-0.2, -0.15) is 0 Å². The molecule has 0 radical (unpaired) electrons. The van der Waals surface area contributed by atoms with Crippen molar-refractivity contribution in [1.29, 1.82) is 0 Å². The standard InChI is InChI=1S/C17H18FNO5/c1-11-10-24-14(9-15(20)21)16(11)17(22)19(2)7-8-23-13-6-4-3-5-12(13)18/h3-6,10H,7-9H2,1-2H3,(H,20,21). The van der Waals surface area contributed by atoms with Crippen LogP contribution in [0.4, 0.5) is 4.39 Å². The summed E-state index contributed by atoms with van der Waals surface area (Å²) in [5.74, 6) is -1.68. The number of carbonyl (C=O) groups excluding carboxylic acids is 1. The van der Waals surface area contributed by atoms with E-state index in [1.54, 1.807) is 26.1 Å². The largest absolute Gasteiger partial charge is 0.489 e. The number of carboxylic acids is 1. The summed E-state index contributed by atoms with van der Waals surface area (Å²) in [4.78, 5) is 24.7. The Morgan fingerprint density at radius 3 is 2.71 bits per heavy atom. The summed E-state index contributed by atoms with van der Waals surface area (Å²) in [5, 5.41) is 8.87. The van der Waals surface area contributed by atoms with E-state index in [1.165, 1.54) is 23.3 Å². The van der Waals surface area contributed by atoms with Crippen molar-refractivity contribution in [1.82, 2.24) is 4.90 Å². The van der Waals surface area contributed by atoms with Gasteiger partial charge in [-0.1, -0.05) is 12.1 Å². The Bertz CT molecular complexity index is 740. The zero-order chi connectivity index (χ0) is 17.7. The first kappa shape index (κ1) is 17.5. The molecule has 0 bridgehead atoms. The van der Waals surface area contributed by atoms with E-state index < -0.39 is 11.8 Å². The van der Waals surface area contributed by atoms with Crippen molar-refractivity contribution in [2.24, 2.45) is 0 Å². The monoisotopic (exact) mass is 335 g/mol. The van der Waals surface area contributed by atoms with Crippen LogP contribution in [0.25, 0.3) is 0 Å². The number of aryl methyl sites for hydroxylation is 1. The summed E-state index contributed by atoms with van der Waals surface area (Å²) in [6.45, 7) is 1.99. The maximum atomic E-state index is 13.4. The van der Waals surface area contributed by atoms with Gasteiger partial charge in [-0.15, -0.1) is 0 Å². The van der Waals surface area contributed by atoms with Gasteiger partial charge in [0.15, 0.2) is 11.6 Å². The lowest BCUT2D eigenvalue weighted by atomic mass is 10.1. The highest BCUT2D eigenvalue weighted by Gasteiger charge is 2.23. The Balaban J connectivity index is 1.99. The molecule has 0 spiro atoms. The second-order valence-electron chi connectivity index (χ2n) is 5.29. The van der Waals surface area contributed by atoms with Crippen molar-refractivity contribution in [2.75, 3.05) is 20.2 Å². The summed E-state index contributed by atoms with van der Waals surface area (Å²) < 4.78 is 23.9. The van der Waals surface area contributed by atoms with Crippen molar-refractivity contribution in [3.63, 3.8) is 0 Å². The van der Waals surface area contributed by atoms with Crippen molar-refractivity contribution >= 4 is 11.9 Å². The van der Waals surface area contributed by atoms with E-state index >= 15 is 0 Å². The molecular formula is C17H18FNO5. The summed E-state index contributed by atoms with van der Waals surface area (Å²) in [6, 6.07) is 6.00. The van der Waals surface area contributed by atoms with Crippen LogP contribution in [0.2, 0.25) is 0 Å². The number of halogens is 1. The molecule has 0 aliphatic carbocycles. The molecular weight excluding hydrogens is 317 g/mol. The van der Waals surface area contributed by atoms with Crippen LogP contribution < -0.4 is 4.74 Å². The molecule has 1 N–H and O–H groups in total. The summed E-state index contributed by atoms with van der Waals surface area (Å²) >= 11 is 0. The van der Waals surface area contributed by atoms with Crippen LogP contribution >= 0.6 is 0 Å². The number of carbonyl (C=O) groups is 2. The highest BCUT2D eigenvalue weighted by Crippen LogP contribution is 2.19. The summed E-state index contributed by atoms with van der Waals surface area (Å²) in [7, 11) is 1.56. The normalized spacial score (nSPS) is 10.5. The van der Waals surface area contributed by atoms with Gasteiger partial charge in [0, 0.05) is 12.6 Å². The molecule has 0 saturated carbocycles. The molecule has 24 heavy (non-hydrogen) atoms. The first-order valence-electron chi connectivity index (χ1n) is 7.31. The van der Waals surface area contributed by atoms with Crippen LogP contribution in [0.3, 0.4) is 0 Å². The molecule has 0 aliphatic rings. The average Bonchev–Trinajstić information content (AvgIpc) is 2.88. The van der Waals surface area contributed by atoms with E-state index in [0.29, 0.717) is 5.56 Å². The molecule has 0 fully saturated rings. The second kappa shape index (κ2) is 7.63. The van der Waals surface area contributed by atoms with Gasteiger partial charge < -0.3 is 19.2 Å². The Labute approximate surface area is 138 Å². The molecule has 1 aromatic carbocycles. The lowest BCUT2D eigenvalue weighted by Gasteiger charge is -2.18. The number of amides is 1. The van der Waals surface area contributed by atoms with Crippen LogP contribution in [0.5, 0.6) is 5.75 Å². The first-order valence-corrected chi connectivity index (χ1v) is 7.31. The Morgan fingerprint density at radius 2 is 2.04 bits per heavy atom. The number of ether oxygens (including phenoxy) is 1. The predicted molar refractivity (Wildman–Crippen MR) is 83.6 cm³/mol. The quantitative estimate of drug-likeness (QED) is 0.841. The number of rotatable bonds is 7. The van der Waals surface area contributed by atoms with Crippen molar-refractivity contribution < 1.29 is 28.2 Å². The molecule has 7 heteroatoms. The van der Waals surface area contributed by atoms with Crippen LogP contribution in [-0.2, 0) is 11.2 Å². The van der Waals surface area contributed by atoms with E-state index in [-0.39, 0.29) is 42.6 Å². The van der Waals surface area contributed by atoms with Crippen molar-refractivity contribution in [3.8, 4) is 5.75 Å². The molecule has 2 aromatic rings. The lowest BCUT2D eigenvalue weighted by molar-refractivity contribution is -0.136. The highest BCUT2D eigenvalue weighted by atomic mass is 19.1. The minimum Gasteiger partial charge on any atom is -0.489 e. The smallest absolute Gasteiger partial charge is 0.311 e. The number of furan rings is 1. The average molecular weight is 335 g/mol. The van der Waals surface area contributed by atoms with Crippen molar-refractivity contribution in [2.45, 2.75) is 13.3 Å². The third-order valence-electron chi connectivity index (χ3n) is 3.44. The lowest BCUT2D eigenvalue weighted by Crippen LogP contribution is -2.31. The fraction of sp³-hybridized carbons (Fsp3) is 0.294. The van der Waals surface area contributed by atoms with Crippen LogP contribution in [0.1, 0.15) is 21.7 Å². The number of carboxylic acid groups (broad SMARTS) is 1. The van der Waals surface area contributed by atoms with Crippen LogP contribution in [0.15, 0.2) is 34.9 Å². The molecule has 128 valence electrons. The summed E-state index contributed by atoms with van der Waals surface area (Å²) in [6.07, 6.45) is 0.990. The van der Waals surface area contributed by atoms with Gasteiger partial charge in [0.25, 0.3) is 5.91 Å². The van der Waals surface area contributed by atoms with Gasteiger partial charge >= 0.3 is 5.97 Å². The molecule has 0 aliphatic heterocycles. The first-order chi connectivity index (χ1) is 11.4. The molecule has 1 aromatic heterocycles. The van der Waals surface area contributed by atoms with Crippen molar-refractivity contribution in [3.05, 3.63) is 53.2 Å². The van der Waals surface area contributed by atoms with E-state index in [0.717, 1.165) is 0 Å². The number of nitrogens with zero attached hydrogens (tertiary/aromatic N) is 1. The summed E-state index contributed by atoms with van der Waals surface area (Å²) in [5.41, 5.74) is 0.809. The molecule has 0 unspecified atom stereocenters. The van der Waals surface area contributed by atoms with Gasteiger partial charge in [-0.25, -0.2) is 4.39 Å². The minimum absolute atomic E-state index is 0.105. The number of hydrogen-bond acceptors (Lipinski definition) is 4. The van der Waals surface area contributed by atoms with Crippen LogP contribution in [0, 0.1) is 12.7 Å². The van der Waals surface area contributed by atoms with Gasteiger partial charge in [0.1, 0.15) is 18.8 Å².